The lowest BCUT2D eigenvalue weighted by atomic mass is 9.84. The average molecular weight is 266 g/mol. The van der Waals surface area contributed by atoms with Crippen molar-refractivity contribution in [2.45, 2.75) is 64.2 Å². The SMILES string of the molecule is CC(C)c1cnn(C2(C(=O)O)C[C@@H](C)O[C@@H](C)C2)c1. The van der Waals surface area contributed by atoms with E-state index < -0.39 is 11.5 Å². The molecule has 3 atom stereocenters. The van der Waals surface area contributed by atoms with Crippen molar-refractivity contribution in [1.82, 2.24) is 9.78 Å². The van der Waals surface area contributed by atoms with E-state index in [0.29, 0.717) is 18.8 Å². The summed E-state index contributed by atoms with van der Waals surface area (Å²) < 4.78 is 7.29. The van der Waals surface area contributed by atoms with Crippen LogP contribution in [0.5, 0.6) is 0 Å². The van der Waals surface area contributed by atoms with E-state index in [0.717, 1.165) is 5.56 Å². The number of rotatable bonds is 3. The Bertz CT molecular complexity index is 457. The summed E-state index contributed by atoms with van der Waals surface area (Å²) in [4.78, 5) is 11.8. The van der Waals surface area contributed by atoms with Gasteiger partial charge in [-0.1, -0.05) is 13.8 Å². The van der Waals surface area contributed by atoms with Gasteiger partial charge >= 0.3 is 5.97 Å². The zero-order valence-corrected chi connectivity index (χ0v) is 12.0. The van der Waals surface area contributed by atoms with Gasteiger partial charge < -0.3 is 9.84 Å². The van der Waals surface area contributed by atoms with Gasteiger partial charge in [-0.25, -0.2) is 4.79 Å². The Morgan fingerprint density at radius 2 is 2.05 bits per heavy atom. The summed E-state index contributed by atoms with van der Waals surface area (Å²) in [5, 5.41) is 14.0. The molecular formula is C14H22N2O3. The van der Waals surface area contributed by atoms with Crippen LogP contribution in [-0.4, -0.2) is 33.1 Å². The van der Waals surface area contributed by atoms with Crippen LogP contribution in [0.1, 0.15) is 52.0 Å². The summed E-state index contributed by atoms with van der Waals surface area (Å²) in [6.45, 7) is 7.98. The van der Waals surface area contributed by atoms with Gasteiger partial charge in [0.1, 0.15) is 0 Å². The molecule has 2 heterocycles. The third-order valence-corrected chi connectivity index (χ3v) is 3.82. The summed E-state index contributed by atoms with van der Waals surface area (Å²) >= 11 is 0. The largest absolute Gasteiger partial charge is 0.479 e. The molecule has 1 saturated heterocycles. The van der Waals surface area contributed by atoms with Gasteiger partial charge in [-0.15, -0.1) is 0 Å². The van der Waals surface area contributed by atoms with Gasteiger partial charge in [0.25, 0.3) is 0 Å². The van der Waals surface area contributed by atoms with Crippen molar-refractivity contribution in [3.8, 4) is 0 Å². The van der Waals surface area contributed by atoms with E-state index in [1.807, 2.05) is 20.0 Å². The molecule has 1 N–H and O–H groups in total. The molecule has 5 heteroatoms. The quantitative estimate of drug-likeness (QED) is 0.912. The van der Waals surface area contributed by atoms with Gasteiger partial charge in [0.2, 0.25) is 0 Å². The Kier molecular flexibility index (Phi) is 3.67. The Morgan fingerprint density at radius 3 is 2.47 bits per heavy atom. The molecule has 2 rings (SSSR count). The van der Waals surface area contributed by atoms with Crippen molar-refractivity contribution >= 4 is 5.97 Å². The van der Waals surface area contributed by atoms with Gasteiger partial charge in [0.15, 0.2) is 5.54 Å². The lowest BCUT2D eigenvalue weighted by Gasteiger charge is -2.39. The van der Waals surface area contributed by atoms with Crippen molar-refractivity contribution in [2.75, 3.05) is 0 Å². The lowest BCUT2D eigenvalue weighted by Crippen LogP contribution is -2.51. The van der Waals surface area contributed by atoms with Crippen molar-refractivity contribution in [3.05, 3.63) is 18.0 Å². The first kappa shape index (κ1) is 14.1. The second-order valence-electron chi connectivity index (χ2n) is 5.88. The molecule has 0 bridgehead atoms. The highest BCUT2D eigenvalue weighted by molar-refractivity contribution is 5.77. The second-order valence-corrected chi connectivity index (χ2v) is 5.88. The topological polar surface area (TPSA) is 64.4 Å². The second kappa shape index (κ2) is 4.96. The fourth-order valence-electron chi connectivity index (χ4n) is 2.86. The first-order valence-corrected chi connectivity index (χ1v) is 6.79. The predicted octanol–water partition coefficient (Wildman–Crippen LogP) is 2.37. The number of carbonyl (C=O) groups is 1. The maximum absolute atomic E-state index is 11.8. The molecule has 1 aromatic heterocycles. The maximum Gasteiger partial charge on any atom is 0.331 e. The fourth-order valence-corrected chi connectivity index (χ4v) is 2.86. The van der Waals surface area contributed by atoms with Gasteiger partial charge in [-0.05, 0) is 25.3 Å². The molecule has 1 aliphatic rings. The van der Waals surface area contributed by atoms with Crippen molar-refractivity contribution in [3.63, 3.8) is 0 Å². The zero-order chi connectivity index (χ0) is 14.2. The van der Waals surface area contributed by atoms with Crippen molar-refractivity contribution in [1.29, 1.82) is 0 Å². The monoisotopic (exact) mass is 266 g/mol. The summed E-state index contributed by atoms with van der Waals surface area (Å²) in [6.07, 6.45) is 4.37. The van der Waals surface area contributed by atoms with E-state index in [2.05, 4.69) is 18.9 Å². The van der Waals surface area contributed by atoms with Crippen LogP contribution in [0.3, 0.4) is 0 Å². The highest BCUT2D eigenvalue weighted by atomic mass is 16.5. The molecule has 19 heavy (non-hydrogen) atoms. The smallest absolute Gasteiger partial charge is 0.331 e. The number of ether oxygens (including phenoxy) is 1. The highest BCUT2D eigenvalue weighted by Gasteiger charge is 2.47. The fraction of sp³-hybridized carbons (Fsp3) is 0.714. The number of hydrogen-bond acceptors (Lipinski definition) is 3. The first-order valence-electron chi connectivity index (χ1n) is 6.79. The zero-order valence-electron chi connectivity index (χ0n) is 12.0. The molecular weight excluding hydrogens is 244 g/mol. The first-order chi connectivity index (χ1) is 8.85. The average Bonchev–Trinajstić information content (AvgIpc) is 2.76. The number of carboxylic acids is 1. The molecule has 0 radical (unpaired) electrons. The minimum atomic E-state index is -0.982. The number of carboxylic acid groups (broad SMARTS) is 1. The van der Waals surface area contributed by atoms with Gasteiger partial charge in [0, 0.05) is 19.0 Å². The Labute approximate surface area is 113 Å². The standard InChI is InChI=1S/C14H22N2O3/c1-9(2)12-7-15-16(8-12)14(13(17)18)5-10(3)19-11(4)6-14/h7-11H,5-6H2,1-4H3,(H,17,18)/t10-,11+,14?. The summed E-state index contributed by atoms with van der Waals surface area (Å²) in [6, 6.07) is 0. The molecule has 1 fully saturated rings. The van der Waals surface area contributed by atoms with E-state index in [1.54, 1.807) is 10.9 Å². The normalized spacial score (nSPS) is 31.6. The van der Waals surface area contributed by atoms with Crippen LogP contribution in [0.25, 0.3) is 0 Å². The van der Waals surface area contributed by atoms with Crippen molar-refractivity contribution in [2.24, 2.45) is 0 Å². The van der Waals surface area contributed by atoms with E-state index in [-0.39, 0.29) is 12.2 Å². The minimum Gasteiger partial charge on any atom is -0.479 e. The predicted molar refractivity (Wildman–Crippen MR) is 71.2 cm³/mol. The molecule has 1 aliphatic heterocycles. The molecule has 106 valence electrons. The number of nitrogens with zero attached hydrogens (tertiary/aromatic N) is 2. The summed E-state index contributed by atoms with van der Waals surface area (Å²) in [5.41, 5.74) is 0.0805. The molecule has 0 saturated carbocycles. The Morgan fingerprint density at radius 1 is 1.47 bits per heavy atom. The molecule has 1 unspecified atom stereocenters. The number of aliphatic carboxylic acids is 1. The molecule has 0 aliphatic carbocycles. The summed E-state index contributed by atoms with van der Waals surface area (Å²) in [5.74, 6) is -0.484. The van der Waals surface area contributed by atoms with Crippen LogP contribution in [0.15, 0.2) is 12.4 Å². The number of aromatic nitrogens is 2. The van der Waals surface area contributed by atoms with E-state index in [1.165, 1.54) is 0 Å². The highest BCUT2D eigenvalue weighted by Crippen LogP contribution is 2.35. The minimum absolute atomic E-state index is 0.0773. The van der Waals surface area contributed by atoms with Crippen LogP contribution in [0.4, 0.5) is 0 Å². The van der Waals surface area contributed by atoms with Gasteiger partial charge in [-0.3, -0.25) is 4.68 Å². The van der Waals surface area contributed by atoms with Gasteiger partial charge in [-0.2, -0.15) is 5.10 Å². The van der Waals surface area contributed by atoms with Crippen LogP contribution < -0.4 is 0 Å². The van der Waals surface area contributed by atoms with Crippen LogP contribution >= 0.6 is 0 Å². The summed E-state index contributed by atoms with van der Waals surface area (Å²) in [7, 11) is 0. The lowest BCUT2D eigenvalue weighted by molar-refractivity contribution is -0.162. The Hall–Kier alpha value is -1.36. The molecule has 5 nitrogen and oxygen atoms in total. The third kappa shape index (κ3) is 2.52. The third-order valence-electron chi connectivity index (χ3n) is 3.82. The number of hydrogen-bond donors (Lipinski definition) is 1. The Balaban J connectivity index is 2.40. The molecule has 0 amide bonds. The van der Waals surface area contributed by atoms with Crippen LogP contribution in [0.2, 0.25) is 0 Å². The molecule has 1 aromatic rings. The van der Waals surface area contributed by atoms with Crippen molar-refractivity contribution < 1.29 is 14.6 Å². The van der Waals surface area contributed by atoms with E-state index in [9.17, 15) is 9.90 Å². The molecule has 0 spiro atoms. The van der Waals surface area contributed by atoms with Crippen LogP contribution in [-0.2, 0) is 15.1 Å². The van der Waals surface area contributed by atoms with E-state index in [4.69, 9.17) is 4.74 Å². The van der Waals surface area contributed by atoms with E-state index >= 15 is 0 Å². The molecule has 0 aromatic carbocycles. The van der Waals surface area contributed by atoms with Gasteiger partial charge in [0.05, 0.1) is 18.4 Å². The van der Waals surface area contributed by atoms with Crippen LogP contribution in [0, 0.1) is 0 Å². The maximum atomic E-state index is 11.8.